The lowest BCUT2D eigenvalue weighted by atomic mass is 9.99. The van der Waals surface area contributed by atoms with Crippen LogP contribution in [0.2, 0.25) is 0 Å². The number of rotatable bonds is 36. The van der Waals surface area contributed by atoms with E-state index in [-0.39, 0.29) is 12.5 Å². The molecule has 1 unspecified atom stereocenters. The lowest BCUT2D eigenvalue weighted by Crippen LogP contribution is -2.45. The normalized spacial score (nSPS) is 13.8. The summed E-state index contributed by atoms with van der Waals surface area (Å²) in [6.07, 6.45) is 43.0. The molecule has 268 valence electrons. The maximum atomic E-state index is 12.3. The van der Waals surface area contributed by atoms with Gasteiger partial charge in [0.15, 0.2) is 0 Å². The zero-order chi connectivity index (χ0) is 33.1. The lowest BCUT2D eigenvalue weighted by Gasteiger charge is -2.20. The van der Waals surface area contributed by atoms with Gasteiger partial charge in [-0.25, -0.2) is 0 Å². The molecule has 45 heavy (non-hydrogen) atoms. The molecule has 3 atom stereocenters. The molecule has 4 nitrogen and oxygen atoms in total. The first kappa shape index (κ1) is 44.1. The summed E-state index contributed by atoms with van der Waals surface area (Å²) in [6, 6.07) is -0.616. The van der Waals surface area contributed by atoms with E-state index >= 15 is 0 Å². The highest BCUT2D eigenvalue weighted by Gasteiger charge is 2.17. The molecule has 4 heteroatoms. The van der Waals surface area contributed by atoms with Crippen LogP contribution >= 0.6 is 0 Å². The van der Waals surface area contributed by atoms with Crippen molar-refractivity contribution in [2.24, 2.45) is 5.92 Å². The molecule has 1 amide bonds. The molecule has 0 aliphatic rings. The number of unbranched alkanes of at least 4 members (excludes halogenated alkanes) is 26. The lowest BCUT2D eigenvalue weighted by molar-refractivity contribution is -0.123. The number of amides is 1. The molecule has 0 aromatic rings. The minimum absolute atomic E-state index is 0.0617. The van der Waals surface area contributed by atoms with Crippen molar-refractivity contribution in [3.63, 3.8) is 0 Å². The second-order valence-corrected chi connectivity index (χ2v) is 14.3. The molecule has 0 fully saturated rings. The Bertz CT molecular complexity index is 622. The monoisotopic (exact) mass is 636 g/mol. The van der Waals surface area contributed by atoms with Gasteiger partial charge < -0.3 is 15.5 Å². The zero-order valence-corrected chi connectivity index (χ0v) is 30.8. The van der Waals surface area contributed by atoms with Crippen molar-refractivity contribution < 1.29 is 15.0 Å². The van der Waals surface area contributed by atoms with Gasteiger partial charge in [-0.15, -0.1) is 0 Å². The third-order valence-electron chi connectivity index (χ3n) is 9.81. The Morgan fingerprint density at radius 1 is 0.600 bits per heavy atom. The third-order valence-corrected chi connectivity index (χ3v) is 9.81. The van der Waals surface area contributed by atoms with Gasteiger partial charge in [0.2, 0.25) is 5.91 Å². The van der Waals surface area contributed by atoms with E-state index in [0.717, 1.165) is 31.6 Å². The molecular formula is C41H81NO3. The van der Waals surface area contributed by atoms with Crippen LogP contribution in [0, 0.1) is 5.92 Å². The number of hydrogen-bond acceptors (Lipinski definition) is 3. The Kier molecular flexibility index (Phi) is 35.3. The van der Waals surface area contributed by atoms with Gasteiger partial charge in [-0.05, 0) is 25.2 Å². The Labute approximate surface area is 282 Å². The van der Waals surface area contributed by atoms with Crippen molar-refractivity contribution in [3.8, 4) is 0 Å². The highest BCUT2D eigenvalue weighted by atomic mass is 16.3. The summed E-state index contributed by atoms with van der Waals surface area (Å²) in [4.78, 5) is 12.3. The molecule has 0 saturated heterocycles. The van der Waals surface area contributed by atoms with Crippen LogP contribution in [0.4, 0.5) is 0 Å². The van der Waals surface area contributed by atoms with Gasteiger partial charge in [-0.1, -0.05) is 206 Å². The minimum Gasteiger partial charge on any atom is -0.394 e. The summed E-state index contributed by atoms with van der Waals surface area (Å²) >= 11 is 0. The van der Waals surface area contributed by atoms with Crippen LogP contribution in [0.5, 0.6) is 0 Å². The van der Waals surface area contributed by atoms with Crippen LogP contribution in [-0.4, -0.2) is 34.9 Å². The molecule has 0 aromatic heterocycles. The molecule has 0 radical (unpaired) electrons. The smallest absolute Gasteiger partial charge is 0.220 e. The van der Waals surface area contributed by atoms with Gasteiger partial charge in [-0.2, -0.15) is 0 Å². The largest absolute Gasteiger partial charge is 0.394 e. The average molecular weight is 636 g/mol. The Morgan fingerprint density at radius 3 is 1.42 bits per heavy atom. The van der Waals surface area contributed by atoms with E-state index in [1.807, 2.05) is 6.08 Å². The topological polar surface area (TPSA) is 69.6 Å². The summed E-state index contributed by atoms with van der Waals surface area (Å²) in [6.45, 7) is 6.69. The molecule has 0 aromatic carbocycles. The van der Waals surface area contributed by atoms with E-state index in [1.165, 1.54) is 167 Å². The van der Waals surface area contributed by atoms with E-state index in [0.29, 0.717) is 6.42 Å². The zero-order valence-electron chi connectivity index (χ0n) is 30.8. The molecule has 0 heterocycles. The quantitative estimate of drug-likeness (QED) is 0.0474. The first-order valence-electron chi connectivity index (χ1n) is 20.3. The van der Waals surface area contributed by atoms with Gasteiger partial charge in [0.05, 0.1) is 18.8 Å². The average Bonchev–Trinajstić information content (AvgIpc) is 3.04. The predicted molar refractivity (Wildman–Crippen MR) is 198 cm³/mol. The van der Waals surface area contributed by atoms with E-state index < -0.39 is 12.1 Å². The number of aliphatic hydroxyl groups excluding tert-OH is 2. The van der Waals surface area contributed by atoms with Crippen molar-refractivity contribution in [2.45, 2.75) is 232 Å². The molecule has 0 spiro atoms. The highest BCUT2D eigenvalue weighted by Crippen LogP contribution is 2.16. The van der Waals surface area contributed by atoms with Crippen LogP contribution in [0.1, 0.15) is 220 Å². The molecule has 0 aliphatic carbocycles. The van der Waals surface area contributed by atoms with Crippen LogP contribution in [0.25, 0.3) is 0 Å². The van der Waals surface area contributed by atoms with E-state index in [9.17, 15) is 15.0 Å². The summed E-state index contributed by atoms with van der Waals surface area (Å²) in [7, 11) is 0. The molecule has 0 saturated carbocycles. The minimum atomic E-state index is -0.834. The van der Waals surface area contributed by atoms with E-state index in [4.69, 9.17) is 0 Å². The number of allylic oxidation sites excluding steroid dienone is 1. The molecule has 0 bridgehead atoms. The van der Waals surface area contributed by atoms with Gasteiger partial charge in [0.25, 0.3) is 0 Å². The third kappa shape index (κ3) is 32.8. The number of hydrogen-bond donors (Lipinski definition) is 3. The fraction of sp³-hybridized carbons (Fsp3) is 0.927. The maximum absolute atomic E-state index is 12.3. The number of aliphatic hydroxyl groups is 2. The number of carbonyl (C=O) groups is 1. The molecule has 3 N–H and O–H groups in total. The number of nitrogens with one attached hydrogen (secondary N) is 1. The summed E-state index contributed by atoms with van der Waals surface area (Å²) in [5, 5.41) is 22.9. The molecule has 0 rings (SSSR count). The van der Waals surface area contributed by atoms with Crippen LogP contribution in [-0.2, 0) is 4.79 Å². The Morgan fingerprint density at radius 2 is 1.00 bits per heavy atom. The summed E-state index contributed by atoms with van der Waals surface area (Å²) in [5.41, 5.74) is 0. The highest BCUT2D eigenvalue weighted by molar-refractivity contribution is 5.76. The maximum Gasteiger partial charge on any atom is 0.220 e. The second kappa shape index (κ2) is 36.0. The first-order valence-corrected chi connectivity index (χ1v) is 20.3. The van der Waals surface area contributed by atoms with E-state index in [1.54, 1.807) is 6.08 Å². The van der Waals surface area contributed by atoms with Crippen LogP contribution in [0.3, 0.4) is 0 Å². The van der Waals surface area contributed by atoms with Crippen LogP contribution < -0.4 is 5.32 Å². The fourth-order valence-electron chi connectivity index (χ4n) is 6.27. The Hall–Kier alpha value is -0.870. The van der Waals surface area contributed by atoms with Gasteiger partial charge >= 0.3 is 0 Å². The van der Waals surface area contributed by atoms with Gasteiger partial charge in [0.1, 0.15) is 0 Å². The first-order chi connectivity index (χ1) is 22.0. The Balaban J connectivity index is 3.56. The fourth-order valence-corrected chi connectivity index (χ4v) is 6.27. The number of carbonyl (C=O) groups excluding carboxylic acids is 1. The van der Waals surface area contributed by atoms with Gasteiger partial charge in [-0.3, -0.25) is 4.79 Å². The SMILES string of the molecule is CCCCCCCCCCCCCCCCCCCCCC(=O)N[C@@H](CO)[C@H](O)/C=C/CCCCCCCCCCC(C)CC. The second-order valence-electron chi connectivity index (χ2n) is 14.3. The summed E-state index contributed by atoms with van der Waals surface area (Å²) in [5.74, 6) is 0.821. The van der Waals surface area contributed by atoms with E-state index in [2.05, 4.69) is 26.1 Å². The summed E-state index contributed by atoms with van der Waals surface area (Å²) < 4.78 is 0. The van der Waals surface area contributed by atoms with Crippen molar-refractivity contribution in [2.75, 3.05) is 6.61 Å². The van der Waals surface area contributed by atoms with Crippen molar-refractivity contribution in [1.29, 1.82) is 0 Å². The molecule has 0 aliphatic heterocycles. The molecular weight excluding hydrogens is 554 g/mol. The van der Waals surface area contributed by atoms with Crippen molar-refractivity contribution in [1.82, 2.24) is 5.32 Å². The van der Waals surface area contributed by atoms with Crippen molar-refractivity contribution in [3.05, 3.63) is 12.2 Å². The standard InChI is InChI=1S/C41H81NO3/c1-4-6-7-8-9-10-11-12-13-14-15-16-17-18-19-24-27-30-33-36-41(45)42-39(37-43)40(44)35-32-29-26-23-21-20-22-25-28-31-34-38(3)5-2/h32,35,38-40,43-44H,4-31,33-34,36-37H2,1-3H3,(H,42,45)/b35-32+/t38?,39-,40+/m0/s1. The van der Waals surface area contributed by atoms with Crippen LogP contribution in [0.15, 0.2) is 12.2 Å². The predicted octanol–water partition coefficient (Wildman–Crippen LogP) is 12.1. The van der Waals surface area contributed by atoms with Gasteiger partial charge in [0, 0.05) is 6.42 Å². The van der Waals surface area contributed by atoms with Crippen molar-refractivity contribution >= 4 is 5.91 Å².